The maximum absolute atomic E-state index is 6.09. The first kappa shape index (κ1) is 23.0. The van der Waals surface area contributed by atoms with Crippen LogP contribution >= 0.6 is 0 Å². The Morgan fingerprint density at radius 2 is 0.853 bits per heavy atom. The van der Waals surface area contributed by atoms with Crippen molar-refractivity contribution in [2.45, 2.75) is 13.1 Å². The monoisotopic (exact) mass is 454 g/mol. The van der Waals surface area contributed by atoms with E-state index in [4.69, 9.17) is 9.47 Å². The molecule has 1 saturated heterocycles. The fourth-order valence-electron chi connectivity index (χ4n) is 4.86. The minimum Gasteiger partial charge on any atom is -0.379 e. The molecule has 4 heteroatoms. The van der Waals surface area contributed by atoms with Gasteiger partial charge in [-0.2, -0.15) is 0 Å². The van der Waals surface area contributed by atoms with Gasteiger partial charge in [-0.1, -0.05) is 84.9 Å². The second-order valence-electron chi connectivity index (χ2n) is 9.05. The SMILES string of the molecule is c1ccc2c(CN3CCOCCN(Cc4cccc5ccccc45)CCOCC3)cccc2c1. The Balaban J connectivity index is 1.19. The second-order valence-corrected chi connectivity index (χ2v) is 9.05. The molecule has 34 heavy (non-hydrogen) atoms. The minimum atomic E-state index is 0.743. The second kappa shape index (κ2) is 11.6. The Kier molecular flexibility index (Phi) is 7.84. The fraction of sp³-hybridized carbons (Fsp3) is 0.333. The van der Waals surface area contributed by atoms with E-state index in [0.717, 1.165) is 65.7 Å². The number of hydrogen-bond acceptors (Lipinski definition) is 4. The van der Waals surface area contributed by atoms with Gasteiger partial charge in [-0.15, -0.1) is 0 Å². The summed E-state index contributed by atoms with van der Waals surface area (Å²) >= 11 is 0. The highest BCUT2D eigenvalue weighted by Crippen LogP contribution is 2.21. The van der Waals surface area contributed by atoms with Gasteiger partial charge in [0.25, 0.3) is 0 Å². The van der Waals surface area contributed by atoms with Crippen LogP contribution in [0.4, 0.5) is 0 Å². The zero-order valence-corrected chi connectivity index (χ0v) is 19.9. The molecule has 0 aromatic heterocycles. The van der Waals surface area contributed by atoms with Gasteiger partial charge in [0.05, 0.1) is 26.4 Å². The van der Waals surface area contributed by atoms with Crippen molar-refractivity contribution in [3.63, 3.8) is 0 Å². The van der Waals surface area contributed by atoms with Crippen molar-refractivity contribution in [1.82, 2.24) is 9.80 Å². The number of fused-ring (bicyclic) bond motifs is 2. The molecular formula is C30H34N2O2. The Bertz CT molecular complexity index is 1090. The van der Waals surface area contributed by atoms with E-state index in [9.17, 15) is 0 Å². The summed E-state index contributed by atoms with van der Waals surface area (Å²) in [5.74, 6) is 0. The molecule has 4 aromatic rings. The number of rotatable bonds is 4. The lowest BCUT2D eigenvalue weighted by molar-refractivity contribution is 0.0344. The number of hydrogen-bond donors (Lipinski definition) is 0. The van der Waals surface area contributed by atoms with E-state index >= 15 is 0 Å². The first-order valence-electron chi connectivity index (χ1n) is 12.4. The quantitative estimate of drug-likeness (QED) is 0.415. The molecule has 176 valence electrons. The zero-order valence-electron chi connectivity index (χ0n) is 19.9. The van der Waals surface area contributed by atoms with Crippen LogP contribution in [0.2, 0.25) is 0 Å². The Morgan fingerprint density at radius 3 is 1.29 bits per heavy atom. The van der Waals surface area contributed by atoms with Crippen molar-refractivity contribution in [3.8, 4) is 0 Å². The van der Waals surface area contributed by atoms with E-state index in [1.807, 2.05) is 0 Å². The Hall–Kier alpha value is -2.76. The van der Waals surface area contributed by atoms with Crippen LogP contribution in [0.5, 0.6) is 0 Å². The van der Waals surface area contributed by atoms with Gasteiger partial charge in [0.1, 0.15) is 0 Å². The molecule has 0 amide bonds. The van der Waals surface area contributed by atoms with Crippen molar-refractivity contribution in [2.75, 3.05) is 52.6 Å². The van der Waals surface area contributed by atoms with Gasteiger partial charge in [0.15, 0.2) is 0 Å². The topological polar surface area (TPSA) is 24.9 Å². The van der Waals surface area contributed by atoms with Crippen LogP contribution in [-0.4, -0.2) is 62.4 Å². The van der Waals surface area contributed by atoms with Gasteiger partial charge in [-0.25, -0.2) is 0 Å². The van der Waals surface area contributed by atoms with Crippen LogP contribution in [0.15, 0.2) is 84.9 Å². The van der Waals surface area contributed by atoms with Crippen LogP contribution in [-0.2, 0) is 22.6 Å². The summed E-state index contributed by atoms with van der Waals surface area (Å²) in [5, 5.41) is 5.27. The fourth-order valence-corrected chi connectivity index (χ4v) is 4.86. The van der Waals surface area contributed by atoms with Crippen molar-refractivity contribution >= 4 is 21.5 Å². The molecule has 5 rings (SSSR count). The molecule has 0 unspecified atom stereocenters. The van der Waals surface area contributed by atoms with Gasteiger partial charge >= 0.3 is 0 Å². The summed E-state index contributed by atoms with van der Waals surface area (Å²) in [5.41, 5.74) is 2.73. The van der Waals surface area contributed by atoms with Crippen LogP contribution in [0.1, 0.15) is 11.1 Å². The first-order valence-corrected chi connectivity index (χ1v) is 12.4. The summed E-state index contributed by atoms with van der Waals surface area (Å²) in [4.78, 5) is 4.91. The molecule has 0 saturated carbocycles. The molecular weight excluding hydrogens is 420 g/mol. The lowest BCUT2D eigenvalue weighted by Crippen LogP contribution is -2.35. The molecule has 0 atom stereocenters. The van der Waals surface area contributed by atoms with E-state index in [1.54, 1.807) is 0 Å². The van der Waals surface area contributed by atoms with Crippen LogP contribution < -0.4 is 0 Å². The predicted molar refractivity (Wildman–Crippen MR) is 140 cm³/mol. The highest BCUT2D eigenvalue weighted by atomic mass is 16.5. The molecule has 0 spiro atoms. The molecule has 0 radical (unpaired) electrons. The molecule has 1 fully saturated rings. The average Bonchev–Trinajstić information content (AvgIpc) is 2.87. The molecule has 4 aromatic carbocycles. The van der Waals surface area contributed by atoms with E-state index < -0.39 is 0 Å². The molecule has 1 heterocycles. The van der Waals surface area contributed by atoms with E-state index in [2.05, 4.69) is 94.7 Å². The lowest BCUT2D eigenvalue weighted by Gasteiger charge is -2.27. The largest absolute Gasteiger partial charge is 0.379 e. The Labute approximate surface area is 202 Å². The van der Waals surface area contributed by atoms with Crippen LogP contribution in [0, 0.1) is 0 Å². The van der Waals surface area contributed by atoms with Crippen molar-refractivity contribution in [2.24, 2.45) is 0 Å². The van der Waals surface area contributed by atoms with E-state index in [1.165, 1.54) is 32.7 Å². The smallest absolute Gasteiger partial charge is 0.0594 e. The van der Waals surface area contributed by atoms with E-state index in [-0.39, 0.29) is 0 Å². The summed E-state index contributed by atoms with van der Waals surface area (Å²) in [6, 6.07) is 30.4. The van der Waals surface area contributed by atoms with Gasteiger partial charge in [-0.05, 0) is 32.7 Å². The summed E-state index contributed by atoms with van der Waals surface area (Å²) in [6.45, 7) is 8.46. The van der Waals surface area contributed by atoms with Crippen LogP contribution in [0.3, 0.4) is 0 Å². The highest BCUT2D eigenvalue weighted by Gasteiger charge is 2.12. The van der Waals surface area contributed by atoms with Gasteiger partial charge in [0.2, 0.25) is 0 Å². The number of ether oxygens (including phenoxy) is 2. The third-order valence-electron chi connectivity index (χ3n) is 6.76. The number of benzene rings is 4. The molecule has 4 nitrogen and oxygen atoms in total. The Morgan fingerprint density at radius 1 is 0.471 bits per heavy atom. The zero-order chi connectivity index (χ0) is 23.0. The van der Waals surface area contributed by atoms with Crippen molar-refractivity contribution in [1.29, 1.82) is 0 Å². The average molecular weight is 455 g/mol. The van der Waals surface area contributed by atoms with Crippen molar-refractivity contribution in [3.05, 3.63) is 96.1 Å². The highest BCUT2D eigenvalue weighted by molar-refractivity contribution is 5.86. The summed E-state index contributed by atoms with van der Waals surface area (Å²) < 4.78 is 12.2. The first-order chi connectivity index (χ1) is 16.9. The summed E-state index contributed by atoms with van der Waals surface area (Å²) in [6.07, 6.45) is 0. The standard InChI is InChI=1S/C30H34N2O2/c1-3-13-29-25(7-1)9-5-11-27(29)23-31-15-19-33-21-17-32(18-22-34-20-16-31)24-28-12-6-10-26-8-2-4-14-30(26)28/h1-14H,15-24H2. The van der Waals surface area contributed by atoms with E-state index in [0.29, 0.717) is 0 Å². The van der Waals surface area contributed by atoms with Crippen LogP contribution in [0.25, 0.3) is 21.5 Å². The third-order valence-corrected chi connectivity index (χ3v) is 6.76. The minimum absolute atomic E-state index is 0.743. The molecule has 0 aliphatic carbocycles. The molecule has 0 bridgehead atoms. The van der Waals surface area contributed by atoms with Gasteiger partial charge in [-0.3, -0.25) is 9.80 Å². The summed E-state index contributed by atoms with van der Waals surface area (Å²) in [7, 11) is 0. The molecule has 0 N–H and O–H groups in total. The van der Waals surface area contributed by atoms with Gasteiger partial charge < -0.3 is 9.47 Å². The van der Waals surface area contributed by atoms with Gasteiger partial charge in [0, 0.05) is 39.3 Å². The maximum atomic E-state index is 6.09. The predicted octanol–water partition coefficient (Wildman–Crippen LogP) is 5.34. The normalized spacial score (nSPS) is 17.4. The number of nitrogens with zero attached hydrogens (tertiary/aromatic N) is 2. The molecule has 1 aliphatic rings. The third kappa shape index (κ3) is 5.83. The maximum Gasteiger partial charge on any atom is 0.0594 e. The molecule has 1 aliphatic heterocycles. The van der Waals surface area contributed by atoms with Crippen molar-refractivity contribution < 1.29 is 9.47 Å². The lowest BCUT2D eigenvalue weighted by atomic mass is 10.0.